The molecule has 18 heavy (non-hydrogen) atoms. The molecule has 0 spiro atoms. The molecule has 0 aliphatic heterocycles. The van der Waals surface area contributed by atoms with Crippen molar-refractivity contribution in [2.24, 2.45) is 0 Å². The number of hydrogen-bond donors (Lipinski definition) is 1. The molecule has 2 rings (SSSR count). The van der Waals surface area contributed by atoms with Crippen LogP contribution >= 0.6 is 0 Å². The zero-order valence-corrected chi connectivity index (χ0v) is 12.0. The van der Waals surface area contributed by atoms with E-state index < -0.39 is 0 Å². The summed E-state index contributed by atoms with van der Waals surface area (Å²) in [6.07, 6.45) is 3.67. The van der Waals surface area contributed by atoms with E-state index in [1.54, 1.807) is 6.07 Å². The molecule has 2 atom stereocenters. The topological polar surface area (TPSA) is 23.5 Å². The van der Waals surface area contributed by atoms with Crippen LogP contribution in [-0.2, 0) is 5.41 Å². The molecule has 1 aromatic rings. The summed E-state index contributed by atoms with van der Waals surface area (Å²) >= 11 is 0. The van der Waals surface area contributed by atoms with Gasteiger partial charge in [-0.15, -0.1) is 0 Å². The van der Waals surface area contributed by atoms with Gasteiger partial charge in [0.15, 0.2) is 0 Å². The Labute approximate surface area is 111 Å². The Hall–Kier alpha value is -1.02. The molecule has 2 heteroatoms. The van der Waals surface area contributed by atoms with Gasteiger partial charge in [-0.2, -0.15) is 0 Å². The Balaban J connectivity index is 2.46. The molecule has 1 aromatic carbocycles. The van der Waals surface area contributed by atoms with Gasteiger partial charge in [0, 0.05) is 11.0 Å². The van der Waals surface area contributed by atoms with Gasteiger partial charge < -0.3 is 10.0 Å². The van der Waals surface area contributed by atoms with Crippen molar-refractivity contribution < 1.29 is 5.11 Å². The number of aromatic hydroxyl groups is 1. The van der Waals surface area contributed by atoms with Crippen LogP contribution < -0.4 is 0 Å². The van der Waals surface area contributed by atoms with E-state index >= 15 is 0 Å². The van der Waals surface area contributed by atoms with Gasteiger partial charge in [0.25, 0.3) is 0 Å². The van der Waals surface area contributed by atoms with Gasteiger partial charge in [0.2, 0.25) is 0 Å². The van der Waals surface area contributed by atoms with Gasteiger partial charge in [-0.25, -0.2) is 0 Å². The summed E-state index contributed by atoms with van der Waals surface area (Å²) in [4.78, 5) is 2.46. The van der Waals surface area contributed by atoms with E-state index in [-0.39, 0.29) is 11.0 Å². The minimum absolute atomic E-state index is 0.122. The average Bonchev–Trinajstić information content (AvgIpc) is 2.67. The molecule has 0 heterocycles. The fourth-order valence-corrected chi connectivity index (χ4v) is 3.60. The maximum absolute atomic E-state index is 9.74. The Morgan fingerprint density at radius 2 is 2.00 bits per heavy atom. The highest BCUT2D eigenvalue weighted by molar-refractivity contribution is 5.37. The van der Waals surface area contributed by atoms with Crippen LogP contribution in [0.4, 0.5) is 0 Å². The number of likely N-dealkylation sites (N-methyl/N-ethyl adjacent to an activating group) is 1. The van der Waals surface area contributed by atoms with E-state index in [1.807, 2.05) is 12.1 Å². The molecule has 1 aliphatic carbocycles. The third kappa shape index (κ3) is 1.83. The van der Waals surface area contributed by atoms with E-state index in [4.69, 9.17) is 0 Å². The molecule has 0 radical (unpaired) electrons. The van der Waals surface area contributed by atoms with Crippen molar-refractivity contribution in [1.29, 1.82) is 0 Å². The maximum Gasteiger partial charge on any atom is 0.115 e. The summed E-state index contributed by atoms with van der Waals surface area (Å²) in [5.41, 5.74) is 1.56. The Morgan fingerprint density at radius 1 is 1.28 bits per heavy atom. The van der Waals surface area contributed by atoms with Crippen LogP contribution in [0.15, 0.2) is 24.3 Å². The third-order valence-corrected chi connectivity index (χ3v) is 5.33. The molecule has 2 unspecified atom stereocenters. The summed E-state index contributed by atoms with van der Waals surface area (Å²) in [5.74, 6) is 0.377. The second-order valence-electron chi connectivity index (χ2n) is 6.02. The number of nitrogens with zero attached hydrogens (tertiary/aromatic N) is 1. The van der Waals surface area contributed by atoms with E-state index in [1.165, 1.54) is 24.8 Å². The quantitative estimate of drug-likeness (QED) is 0.883. The third-order valence-electron chi connectivity index (χ3n) is 5.33. The fourth-order valence-electron chi connectivity index (χ4n) is 3.60. The van der Waals surface area contributed by atoms with E-state index in [2.05, 4.69) is 38.8 Å². The normalized spacial score (nSPS) is 32.1. The average molecular weight is 247 g/mol. The van der Waals surface area contributed by atoms with Crippen LogP contribution in [0, 0.1) is 0 Å². The number of phenolic OH excluding ortho intramolecular Hbond substituents is 1. The molecule has 1 N–H and O–H groups in total. The number of benzene rings is 1. The lowest BCUT2D eigenvalue weighted by molar-refractivity contribution is 0.0836. The van der Waals surface area contributed by atoms with Gasteiger partial charge in [-0.1, -0.05) is 32.4 Å². The molecule has 100 valence electrons. The van der Waals surface area contributed by atoms with Crippen molar-refractivity contribution in [3.05, 3.63) is 29.8 Å². The van der Waals surface area contributed by atoms with E-state index in [9.17, 15) is 5.11 Å². The first-order valence-corrected chi connectivity index (χ1v) is 6.95. The smallest absolute Gasteiger partial charge is 0.115 e. The first kappa shape index (κ1) is 13.4. The Bertz CT molecular complexity index is 431. The van der Waals surface area contributed by atoms with Gasteiger partial charge in [0.05, 0.1) is 0 Å². The Morgan fingerprint density at radius 3 is 2.61 bits per heavy atom. The zero-order chi connectivity index (χ0) is 13.4. The summed E-state index contributed by atoms with van der Waals surface area (Å²) < 4.78 is 0. The first-order valence-electron chi connectivity index (χ1n) is 6.95. The highest BCUT2D eigenvalue weighted by Crippen LogP contribution is 2.51. The predicted octanol–water partition coefficient (Wildman–Crippen LogP) is 3.54. The van der Waals surface area contributed by atoms with Gasteiger partial charge in [-0.3, -0.25) is 0 Å². The lowest BCUT2D eigenvalue weighted by Crippen LogP contribution is -2.54. The lowest BCUT2D eigenvalue weighted by atomic mass is 9.68. The summed E-state index contributed by atoms with van der Waals surface area (Å²) in [6.45, 7) is 7.99. The molecule has 0 saturated heterocycles. The van der Waals surface area contributed by atoms with Crippen LogP contribution in [0.5, 0.6) is 5.75 Å². The van der Waals surface area contributed by atoms with Crippen molar-refractivity contribution in [1.82, 2.24) is 4.90 Å². The van der Waals surface area contributed by atoms with Crippen molar-refractivity contribution in [2.45, 2.75) is 51.0 Å². The van der Waals surface area contributed by atoms with Crippen molar-refractivity contribution >= 4 is 0 Å². The van der Waals surface area contributed by atoms with Crippen LogP contribution in [-0.4, -0.2) is 29.1 Å². The highest BCUT2D eigenvalue weighted by Gasteiger charge is 2.51. The molecule has 0 amide bonds. The van der Waals surface area contributed by atoms with Crippen molar-refractivity contribution in [2.75, 3.05) is 13.6 Å². The molecule has 2 nitrogen and oxygen atoms in total. The van der Waals surface area contributed by atoms with Crippen LogP contribution in [0.1, 0.15) is 45.6 Å². The number of phenols is 1. The first-order chi connectivity index (χ1) is 8.44. The second kappa shape index (κ2) is 4.58. The second-order valence-corrected chi connectivity index (χ2v) is 6.02. The van der Waals surface area contributed by atoms with Crippen molar-refractivity contribution in [3.8, 4) is 5.75 Å². The summed E-state index contributed by atoms with van der Waals surface area (Å²) in [7, 11) is 2.21. The Kier molecular flexibility index (Phi) is 3.41. The fraction of sp³-hybridized carbons (Fsp3) is 0.625. The van der Waals surface area contributed by atoms with Crippen LogP contribution in [0.2, 0.25) is 0 Å². The molecular formula is C16H25NO. The SMILES string of the molecule is CCN(C)C1(C)CCCC1(C)c1cccc(O)c1. The highest BCUT2D eigenvalue weighted by atomic mass is 16.3. The lowest BCUT2D eigenvalue weighted by Gasteiger charge is -2.48. The van der Waals surface area contributed by atoms with Crippen LogP contribution in [0.25, 0.3) is 0 Å². The summed E-state index contributed by atoms with van der Waals surface area (Å²) in [5, 5.41) is 9.74. The minimum Gasteiger partial charge on any atom is -0.508 e. The van der Waals surface area contributed by atoms with Gasteiger partial charge in [0.1, 0.15) is 5.75 Å². The predicted molar refractivity (Wildman–Crippen MR) is 76.0 cm³/mol. The van der Waals surface area contributed by atoms with E-state index in [0.717, 1.165) is 6.54 Å². The van der Waals surface area contributed by atoms with Gasteiger partial charge in [-0.05, 0) is 51.1 Å². The molecule has 1 aliphatic rings. The maximum atomic E-state index is 9.74. The molecule has 1 saturated carbocycles. The van der Waals surface area contributed by atoms with Crippen LogP contribution in [0.3, 0.4) is 0 Å². The number of hydrogen-bond acceptors (Lipinski definition) is 2. The molecule has 0 aromatic heterocycles. The molecule has 0 bridgehead atoms. The standard InChI is InChI=1S/C16H25NO/c1-5-17(4)16(3)11-7-10-15(16,2)13-8-6-9-14(18)12-13/h6,8-9,12,18H,5,7,10-11H2,1-4H3. The monoisotopic (exact) mass is 247 g/mol. The molecule has 1 fully saturated rings. The summed E-state index contributed by atoms with van der Waals surface area (Å²) in [6, 6.07) is 7.81. The van der Waals surface area contributed by atoms with Crippen molar-refractivity contribution in [3.63, 3.8) is 0 Å². The largest absolute Gasteiger partial charge is 0.508 e. The molecular weight excluding hydrogens is 222 g/mol. The number of rotatable bonds is 3. The minimum atomic E-state index is 0.122. The zero-order valence-electron chi connectivity index (χ0n) is 12.0. The van der Waals surface area contributed by atoms with E-state index in [0.29, 0.717) is 5.75 Å². The van der Waals surface area contributed by atoms with Gasteiger partial charge >= 0.3 is 0 Å².